The number of hydrogen-bond acceptors (Lipinski definition) is 6. The van der Waals surface area contributed by atoms with Crippen LogP contribution < -0.4 is 5.73 Å². The van der Waals surface area contributed by atoms with E-state index in [4.69, 9.17) is 5.73 Å². The van der Waals surface area contributed by atoms with Crippen LogP contribution in [0.2, 0.25) is 0 Å². The summed E-state index contributed by atoms with van der Waals surface area (Å²) < 4.78 is 84.7. The van der Waals surface area contributed by atoms with E-state index in [2.05, 4.69) is 24.8 Å². The Morgan fingerprint density at radius 2 is 1.95 bits per heavy atom. The van der Waals surface area contributed by atoms with Crippen LogP contribution in [0.4, 0.5) is 22.0 Å². The van der Waals surface area contributed by atoms with E-state index in [0.29, 0.717) is 16.9 Å². The zero-order valence-electron chi connectivity index (χ0n) is 22.0. The number of rotatable bonds is 8. The monoisotopic (exact) mass is 588 g/mol. The van der Waals surface area contributed by atoms with Gasteiger partial charge in [-0.2, -0.15) is 22.7 Å². The van der Waals surface area contributed by atoms with Crippen LogP contribution in [0.1, 0.15) is 86.2 Å². The molecule has 1 fully saturated rings. The molecule has 1 saturated carbocycles. The molecule has 3 aromatic heterocycles. The Kier molecular flexibility index (Phi) is 8.11. The average molecular weight is 589 g/mol. The molecule has 0 unspecified atom stereocenters. The van der Waals surface area contributed by atoms with E-state index < -0.39 is 71.4 Å². The molecule has 40 heavy (non-hydrogen) atoms. The number of aromatic nitrogens is 6. The van der Waals surface area contributed by atoms with E-state index in [9.17, 15) is 31.0 Å². The minimum atomic E-state index is -4.51. The molecular weight excluding hydrogens is 559 g/mol. The first-order chi connectivity index (χ1) is 18.5. The number of nitrogens with two attached hydrogens (primary N) is 1. The van der Waals surface area contributed by atoms with Gasteiger partial charge in [0.25, 0.3) is 5.91 Å². The second kappa shape index (κ2) is 10.9. The minimum absolute atomic E-state index is 0.0179. The van der Waals surface area contributed by atoms with E-state index in [0.717, 1.165) is 4.68 Å². The summed E-state index contributed by atoms with van der Waals surface area (Å²) in [5.41, 5.74) is 6.38. The molecule has 1 aliphatic carbocycles. The maximum absolute atomic E-state index is 14.0. The number of halogens is 5. The van der Waals surface area contributed by atoms with Crippen LogP contribution in [0.5, 0.6) is 0 Å². The molecule has 3 heterocycles. The Balaban J connectivity index is 1.75. The zero-order valence-corrected chi connectivity index (χ0v) is 22.8. The van der Waals surface area contributed by atoms with Crippen LogP contribution >= 0.6 is 0 Å². The molecule has 0 radical (unpaired) electrons. The van der Waals surface area contributed by atoms with Crippen molar-refractivity contribution < 1.29 is 31.0 Å². The highest BCUT2D eigenvalue weighted by atomic mass is 32.2. The van der Waals surface area contributed by atoms with Crippen molar-refractivity contribution in [1.29, 1.82) is 0 Å². The van der Waals surface area contributed by atoms with Gasteiger partial charge in [0.05, 0.1) is 41.7 Å². The maximum atomic E-state index is 14.0. The molecule has 16 heteroatoms. The standard InChI is InChI=1S/C24H29F5N8O2S/c1-22(2,3)40(39)32-12-14-10-17-33-16(13-37(17)31-11-14)18(15-4-6-23(25,26)7-5-15)19-20(21(30)38)36(35-34-19)9-8-24(27,28)29/h10-13,15,18H,4-9H2,1-3H3,(H2,30,38)/b32-12+/t18-,40-/m0/s1. The SMILES string of the molecule is CC(C)(C)[S@](=O)/N=C/c1cnn2cc([C@@H](c3nnn(CCC(F)(F)F)c3C(N)=O)C3CCC(F)(F)CC3)nc2c1. The molecule has 0 spiro atoms. The van der Waals surface area contributed by atoms with E-state index in [-0.39, 0.29) is 24.2 Å². The lowest BCUT2D eigenvalue weighted by Gasteiger charge is -2.32. The fraction of sp³-hybridized carbons (Fsp3) is 0.583. The average Bonchev–Trinajstić information content (AvgIpc) is 3.45. The first kappa shape index (κ1) is 29.7. The summed E-state index contributed by atoms with van der Waals surface area (Å²) in [6.45, 7) is 4.66. The number of primary amides is 1. The second-order valence-corrected chi connectivity index (χ2v) is 12.7. The summed E-state index contributed by atoms with van der Waals surface area (Å²) in [6, 6.07) is 1.63. The Morgan fingerprint density at radius 1 is 1.27 bits per heavy atom. The summed E-state index contributed by atoms with van der Waals surface area (Å²) in [5.74, 6) is -5.21. The normalized spacial score (nSPS) is 18.4. The largest absolute Gasteiger partial charge is 0.390 e. The molecule has 0 aromatic carbocycles. The third-order valence-electron chi connectivity index (χ3n) is 6.63. The van der Waals surface area contributed by atoms with Crippen molar-refractivity contribution in [3.63, 3.8) is 0 Å². The lowest BCUT2D eigenvalue weighted by Crippen LogP contribution is -2.30. The number of aryl methyl sites for hydroxylation is 1. The maximum Gasteiger partial charge on any atom is 0.390 e. The van der Waals surface area contributed by atoms with Gasteiger partial charge in [0.2, 0.25) is 5.92 Å². The number of carbonyl (C=O) groups excluding carboxylic acids is 1. The molecule has 218 valence electrons. The third-order valence-corrected chi connectivity index (χ3v) is 7.97. The molecule has 2 N–H and O–H groups in total. The van der Waals surface area contributed by atoms with Crippen molar-refractivity contribution in [3.8, 4) is 0 Å². The van der Waals surface area contributed by atoms with Gasteiger partial charge in [-0.05, 0) is 45.6 Å². The van der Waals surface area contributed by atoms with Crippen LogP contribution in [0.25, 0.3) is 5.65 Å². The number of alkyl halides is 5. The van der Waals surface area contributed by atoms with Crippen molar-refractivity contribution in [2.45, 2.75) is 82.2 Å². The highest BCUT2D eigenvalue weighted by molar-refractivity contribution is 7.85. The molecule has 3 aromatic rings. The van der Waals surface area contributed by atoms with Crippen molar-refractivity contribution in [2.75, 3.05) is 0 Å². The van der Waals surface area contributed by atoms with Gasteiger partial charge in [-0.15, -0.1) is 5.10 Å². The number of fused-ring (bicyclic) bond motifs is 1. The quantitative estimate of drug-likeness (QED) is 0.310. The van der Waals surface area contributed by atoms with Crippen molar-refractivity contribution in [2.24, 2.45) is 16.0 Å². The minimum Gasteiger partial charge on any atom is -0.364 e. The fourth-order valence-corrected chi connectivity index (χ4v) is 5.11. The lowest BCUT2D eigenvalue weighted by atomic mass is 9.75. The number of imidazole rings is 1. The van der Waals surface area contributed by atoms with Crippen LogP contribution in [-0.4, -0.2) is 62.8 Å². The summed E-state index contributed by atoms with van der Waals surface area (Å²) >= 11 is 0. The Labute approximate surface area is 228 Å². The Hall–Kier alpha value is -3.30. The number of carbonyl (C=O) groups is 1. The van der Waals surface area contributed by atoms with E-state index in [1.54, 1.807) is 33.0 Å². The van der Waals surface area contributed by atoms with Gasteiger partial charge in [0.1, 0.15) is 22.4 Å². The predicted molar refractivity (Wildman–Crippen MR) is 136 cm³/mol. The van der Waals surface area contributed by atoms with Crippen LogP contribution in [0.15, 0.2) is 22.9 Å². The van der Waals surface area contributed by atoms with Crippen molar-refractivity contribution in [3.05, 3.63) is 41.1 Å². The van der Waals surface area contributed by atoms with Gasteiger partial charge < -0.3 is 5.73 Å². The van der Waals surface area contributed by atoms with Gasteiger partial charge >= 0.3 is 6.18 Å². The summed E-state index contributed by atoms with van der Waals surface area (Å²) in [4.78, 5) is 17.0. The number of nitrogens with zero attached hydrogens (tertiary/aromatic N) is 7. The van der Waals surface area contributed by atoms with E-state index >= 15 is 0 Å². The summed E-state index contributed by atoms with van der Waals surface area (Å²) in [6.07, 6.45) is -2.05. The van der Waals surface area contributed by atoms with Crippen LogP contribution in [0, 0.1) is 5.92 Å². The topological polar surface area (TPSA) is 133 Å². The van der Waals surface area contributed by atoms with Crippen LogP contribution in [-0.2, 0) is 17.5 Å². The summed E-state index contributed by atoms with van der Waals surface area (Å²) in [7, 11) is -1.50. The molecule has 1 aliphatic rings. The third kappa shape index (κ3) is 6.88. The molecule has 10 nitrogen and oxygen atoms in total. The molecule has 0 saturated heterocycles. The highest BCUT2D eigenvalue weighted by Crippen LogP contribution is 2.45. The Bertz CT molecular complexity index is 1430. The fourth-order valence-electron chi connectivity index (χ4n) is 4.58. The second-order valence-electron chi connectivity index (χ2n) is 10.8. The zero-order chi connectivity index (χ0) is 29.5. The lowest BCUT2D eigenvalue weighted by molar-refractivity contribution is -0.137. The predicted octanol–water partition coefficient (Wildman–Crippen LogP) is 4.21. The number of hydrogen-bond donors (Lipinski definition) is 1. The molecule has 4 rings (SSSR count). The van der Waals surface area contributed by atoms with Crippen molar-refractivity contribution >= 4 is 28.8 Å². The smallest absolute Gasteiger partial charge is 0.364 e. The number of amides is 1. The van der Waals surface area contributed by atoms with Crippen LogP contribution in [0.3, 0.4) is 0 Å². The molecule has 0 bridgehead atoms. The molecule has 1 amide bonds. The van der Waals surface area contributed by atoms with Gasteiger partial charge in [-0.1, -0.05) is 5.21 Å². The molecular formula is C24H29F5N8O2S. The van der Waals surface area contributed by atoms with Crippen molar-refractivity contribution in [1.82, 2.24) is 29.6 Å². The highest BCUT2D eigenvalue weighted by Gasteiger charge is 2.42. The van der Waals surface area contributed by atoms with Gasteiger partial charge in [-0.3, -0.25) is 4.79 Å². The van der Waals surface area contributed by atoms with E-state index in [1.165, 1.54) is 16.9 Å². The van der Waals surface area contributed by atoms with Gasteiger partial charge in [0, 0.05) is 24.6 Å². The first-order valence-electron chi connectivity index (χ1n) is 12.5. The van der Waals surface area contributed by atoms with Gasteiger partial charge in [0.15, 0.2) is 5.65 Å². The summed E-state index contributed by atoms with van der Waals surface area (Å²) in [5, 5.41) is 12.1. The van der Waals surface area contributed by atoms with E-state index in [1.807, 2.05) is 0 Å². The first-order valence-corrected chi connectivity index (χ1v) is 13.6. The molecule has 0 aliphatic heterocycles. The molecule has 2 atom stereocenters. The Morgan fingerprint density at radius 3 is 2.55 bits per heavy atom. The van der Waals surface area contributed by atoms with Gasteiger partial charge in [-0.25, -0.2) is 27.2 Å².